The molecule has 2 saturated heterocycles. The second-order valence-electron chi connectivity index (χ2n) is 8.24. The van der Waals surface area contributed by atoms with Crippen molar-refractivity contribution in [2.45, 2.75) is 58.2 Å². The van der Waals surface area contributed by atoms with Crippen molar-refractivity contribution >= 4 is 17.6 Å². The molecule has 0 bridgehead atoms. The third-order valence-electron chi connectivity index (χ3n) is 4.83. The van der Waals surface area contributed by atoms with Crippen LogP contribution in [0.1, 0.15) is 50.4 Å². The fourth-order valence-corrected chi connectivity index (χ4v) is 3.69. The van der Waals surface area contributed by atoms with Crippen LogP contribution in [0.25, 0.3) is 0 Å². The van der Waals surface area contributed by atoms with Gasteiger partial charge in [0.25, 0.3) is 5.91 Å². The number of hydrogen-bond donors (Lipinski definition) is 1. The Kier molecular flexibility index (Phi) is 5.18. The van der Waals surface area contributed by atoms with Gasteiger partial charge in [-0.05, 0) is 30.7 Å². The highest BCUT2D eigenvalue weighted by Gasteiger charge is 2.46. The maximum Gasteiger partial charge on any atom is 0.255 e. The molecule has 0 spiro atoms. The summed E-state index contributed by atoms with van der Waals surface area (Å²) in [5.41, 5.74) is 0.198. The van der Waals surface area contributed by atoms with Gasteiger partial charge in [0.2, 0.25) is 5.91 Å². The normalized spacial score (nSPS) is 24.3. The molecule has 3 rings (SSSR count). The maximum absolute atomic E-state index is 13.2. The molecule has 0 aliphatic carbocycles. The number of ketones is 1. The first-order valence-electron chi connectivity index (χ1n) is 9.04. The molecule has 1 aromatic heterocycles. The van der Waals surface area contributed by atoms with E-state index < -0.39 is 12.1 Å². The molecule has 7 nitrogen and oxygen atoms in total. The first kappa shape index (κ1) is 18.6. The van der Waals surface area contributed by atoms with Gasteiger partial charge in [0.15, 0.2) is 5.78 Å². The summed E-state index contributed by atoms with van der Waals surface area (Å²) in [6, 6.07) is 0.327. The van der Waals surface area contributed by atoms with Crippen LogP contribution in [-0.4, -0.2) is 53.8 Å². The maximum atomic E-state index is 13.2. The number of Topliss-reactive ketones (excluding diaryl/α,β-unsaturated/α-hetero) is 1. The molecule has 3 heterocycles. The molecule has 2 fully saturated rings. The molecule has 1 N–H and O–H groups in total. The lowest BCUT2D eigenvalue weighted by Crippen LogP contribution is -2.58. The zero-order valence-electron chi connectivity index (χ0n) is 15.5. The second kappa shape index (κ2) is 7.23. The molecule has 0 radical (unpaired) electrons. The fraction of sp³-hybridized carbons (Fsp3) is 0.632. The summed E-state index contributed by atoms with van der Waals surface area (Å²) in [6.45, 7) is 6.61. The Hall–Kier alpha value is -2.15. The van der Waals surface area contributed by atoms with Crippen LogP contribution in [0.5, 0.6) is 0 Å². The van der Waals surface area contributed by atoms with Crippen molar-refractivity contribution in [1.82, 2.24) is 10.2 Å². The largest absolute Gasteiger partial charge is 0.472 e. The quantitative estimate of drug-likeness (QED) is 0.882. The topological polar surface area (TPSA) is 88.8 Å². The molecule has 2 aliphatic heterocycles. The van der Waals surface area contributed by atoms with Gasteiger partial charge in [0, 0.05) is 6.54 Å². The molecule has 1 aromatic rings. The molecule has 3 atom stereocenters. The van der Waals surface area contributed by atoms with Crippen LogP contribution in [-0.2, 0) is 14.3 Å². The van der Waals surface area contributed by atoms with Crippen molar-refractivity contribution in [3.05, 3.63) is 24.2 Å². The number of amides is 2. The van der Waals surface area contributed by atoms with Crippen LogP contribution in [0.3, 0.4) is 0 Å². The lowest BCUT2D eigenvalue weighted by molar-refractivity contribution is -0.143. The van der Waals surface area contributed by atoms with Gasteiger partial charge in [-0.3, -0.25) is 14.4 Å². The van der Waals surface area contributed by atoms with Crippen molar-refractivity contribution in [2.75, 3.05) is 13.2 Å². The third kappa shape index (κ3) is 3.98. The zero-order valence-corrected chi connectivity index (χ0v) is 15.5. The molecular weight excluding hydrogens is 336 g/mol. The molecule has 2 aliphatic rings. The van der Waals surface area contributed by atoms with E-state index in [1.54, 1.807) is 11.0 Å². The Labute approximate surface area is 153 Å². The summed E-state index contributed by atoms with van der Waals surface area (Å²) in [4.78, 5) is 39.5. The number of nitrogens with one attached hydrogen (secondary N) is 1. The van der Waals surface area contributed by atoms with E-state index in [1.807, 2.05) is 20.8 Å². The van der Waals surface area contributed by atoms with Crippen LogP contribution < -0.4 is 5.32 Å². The number of carbonyl (C=O) groups is 3. The number of furan rings is 1. The summed E-state index contributed by atoms with van der Waals surface area (Å²) >= 11 is 0. The first-order chi connectivity index (χ1) is 12.3. The van der Waals surface area contributed by atoms with Crippen molar-refractivity contribution in [1.29, 1.82) is 0 Å². The average Bonchev–Trinajstić information content (AvgIpc) is 3.22. The van der Waals surface area contributed by atoms with Crippen molar-refractivity contribution < 1.29 is 23.5 Å². The summed E-state index contributed by atoms with van der Waals surface area (Å²) in [5.74, 6) is -0.632. The highest BCUT2D eigenvalue weighted by molar-refractivity contribution is 5.98. The molecule has 142 valence electrons. The first-order valence-corrected chi connectivity index (χ1v) is 9.04. The molecule has 7 heteroatoms. The van der Waals surface area contributed by atoms with E-state index in [4.69, 9.17) is 9.15 Å². The molecule has 3 unspecified atom stereocenters. The summed E-state index contributed by atoms with van der Waals surface area (Å²) in [6.07, 6.45) is 4.58. The van der Waals surface area contributed by atoms with Crippen LogP contribution in [0.2, 0.25) is 0 Å². The number of carbonyl (C=O) groups excluding carboxylic acids is 3. The number of hydrogen-bond acceptors (Lipinski definition) is 5. The van der Waals surface area contributed by atoms with Gasteiger partial charge < -0.3 is 19.4 Å². The Morgan fingerprint density at radius 3 is 2.81 bits per heavy atom. The van der Waals surface area contributed by atoms with Crippen LogP contribution in [0, 0.1) is 5.41 Å². The van der Waals surface area contributed by atoms with Gasteiger partial charge in [0.1, 0.15) is 25.0 Å². The van der Waals surface area contributed by atoms with E-state index in [0.29, 0.717) is 18.5 Å². The van der Waals surface area contributed by atoms with Crippen molar-refractivity contribution in [3.8, 4) is 0 Å². The monoisotopic (exact) mass is 362 g/mol. The van der Waals surface area contributed by atoms with Gasteiger partial charge in [-0.15, -0.1) is 0 Å². The average molecular weight is 362 g/mol. The van der Waals surface area contributed by atoms with E-state index in [-0.39, 0.29) is 35.7 Å². The highest BCUT2D eigenvalue weighted by atomic mass is 16.5. The lowest BCUT2D eigenvalue weighted by atomic mass is 9.86. The number of fused-ring (bicyclic) bond motifs is 1. The number of ether oxygens (including phenoxy) is 1. The van der Waals surface area contributed by atoms with E-state index in [1.165, 1.54) is 12.5 Å². The van der Waals surface area contributed by atoms with E-state index >= 15 is 0 Å². The number of piperidine rings is 1. The summed E-state index contributed by atoms with van der Waals surface area (Å²) in [5, 5.41) is 2.83. The Morgan fingerprint density at radius 2 is 2.15 bits per heavy atom. The molecule has 0 aromatic carbocycles. The predicted molar refractivity (Wildman–Crippen MR) is 93.5 cm³/mol. The Balaban J connectivity index is 1.79. The number of likely N-dealkylation sites (tertiary alicyclic amines) is 1. The van der Waals surface area contributed by atoms with Gasteiger partial charge in [-0.25, -0.2) is 0 Å². The van der Waals surface area contributed by atoms with Crippen LogP contribution >= 0.6 is 0 Å². The van der Waals surface area contributed by atoms with Gasteiger partial charge in [-0.1, -0.05) is 20.8 Å². The SMILES string of the molecule is CC(C)(C)CC(NC(=O)c1ccoc1)C(=O)N1CCCC2OCC(=O)C21. The minimum atomic E-state index is -0.704. The standard InChI is InChI=1S/C19H26N2O5/c1-19(2,3)9-13(20-17(23)12-6-8-25-10-12)18(24)21-7-4-5-15-16(21)14(22)11-26-15/h6,8,10,13,15-16H,4-5,7,9,11H2,1-3H3,(H,20,23). The van der Waals surface area contributed by atoms with Gasteiger partial charge >= 0.3 is 0 Å². The highest BCUT2D eigenvalue weighted by Crippen LogP contribution is 2.29. The smallest absolute Gasteiger partial charge is 0.255 e. The molecule has 0 saturated carbocycles. The van der Waals surface area contributed by atoms with E-state index in [2.05, 4.69) is 5.32 Å². The molecular formula is C19H26N2O5. The zero-order chi connectivity index (χ0) is 18.9. The fourth-order valence-electron chi connectivity index (χ4n) is 3.69. The van der Waals surface area contributed by atoms with Crippen LogP contribution in [0.15, 0.2) is 23.0 Å². The predicted octanol–water partition coefficient (Wildman–Crippen LogP) is 1.77. The minimum Gasteiger partial charge on any atom is -0.472 e. The second-order valence-corrected chi connectivity index (χ2v) is 8.24. The Bertz CT molecular complexity index is 677. The third-order valence-corrected chi connectivity index (χ3v) is 4.83. The molecule has 26 heavy (non-hydrogen) atoms. The summed E-state index contributed by atoms with van der Waals surface area (Å²) < 4.78 is 10.5. The van der Waals surface area contributed by atoms with Crippen molar-refractivity contribution in [2.24, 2.45) is 5.41 Å². The van der Waals surface area contributed by atoms with Crippen LogP contribution in [0.4, 0.5) is 0 Å². The van der Waals surface area contributed by atoms with Gasteiger partial charge in [-0.2, -0.15) is 0 Å². The minimum absolute atomic E-state index is 0.0567. The number of rotatable bonds is 4. The molecule has 2 amide bonds. The number of nitrogens with zero attached hydrogens (tertiary/aromatic N) is 1. The summed E-state index contributed by atoms with van der Waals surface area (Å²) in [7, 11) is 0. The van der Waals surface area contributed by atoms with E-state index in [0.717, 1.165) is 12.8 Å². The Morgan fingerprint density at radius 1 is 1.38 bits per heavy atom. The van der Waals surface area contributed by atoms with E-state index in [9.17, 15) is 14.4 Å². The van der Waals surface area contributed by atoms with Crippen molar-refractivity contribution in [3.63, 3.8) is 0 Å². The lowest BCUT2D eigenvalue weighted by Gasteiger charge is -2.38. The van der Waals surface area contributed by atoms with Gasteiger partial charge in [0.05, 0.1) is 17.9 Å².